The Kier molecular flexibility index (Phi) is 2.43. The van der Waals surface area contributed by atoms with Crippen molar-refractivity contribution >= 4 is 22.5 Å². The van der Waals surface area contributed by atoms with E-state index in [0.29, 0.717) is 0 Å². The van der Waals surface area contributed by atoms with Gasteiger partial charge in [0, 0.05) is 0 Å². The topological polar surface area (TPSA) is 87.1 Å². The number of hydrogen-bond donors (Lipinski definition) is 0. The normalized spacial score (nSPS) is 9.62. The van der Waals surface area contributed by atoms with Crippen LogP contribution in [0.15, 0.2) is 18.3 Å². The second kappa shape index (κ2) is 3.36. The summed E-state index contributed by atoms with van der Waals surface area (Å²) < 4.78 is 0.169. The molecule has 1 aromatic heterocycles. The van der Waals surface area contributed by atoms with Crippen LogP contribution in [0.5, 0.6) is 0 Å². The Bertz CT molecular complexity index is 379. The number of aromatic nitrogens is 1. The third kappa shape index (κ3) is 1.91. The molecule has 68 valence electrons. The quantitative estimate of drug-likeness (QED) is 0.231. The molecule has 0 spiro atoms. The Morgan fingerprint density at radius 3 is 2.69 bits per heavy atom. The largest absolute Gasteiger partial charge is 0.618 e. The number of hydrogen-bond acceptors (Lipinski definition) is 4. The lowest BCUT2D eigenvalue weighted by Gasteiger charge is -1.98. The Morgan fingerprint density at radius 2 is 2.23 bits per heavy atom. The summed E-state index contributed by atoms with van der Waals surface area (Å²) in [5, 5.41) is 20.0. The van der Waals surface area contributed by atoms with Crippen LogP contribution in [0.2, 0.25) is 0 Å². The van der Waals surface area contributed by atoms with E-state index in [1.807, 2.05) is 0 Å². The highest BCUT2D eigenvalue weighted by Gasteiger charge is 2.18. The summed E-state index contributed by atoms with van der Waals surface area (Å²) in [5.74, 6) is 0. The lowest BCUT2D eigenvalue weighted by molar-refractivity contribution is -0.608. The maximum absolute atomic E-state index is 10.8. The average Bonchev–Trinajstić information content (AvgIpc) is 2.04. The van der Waals surface area contributed by atoms with E-state index in [1.165, 1.54) is 0 Å². The first kappa shape index (κ1) is 9.40. The monoisotopic (exact) mass is 202 g/mol. The zero-order valence-electron chi connectivity index (χ0n) is 6.14. The molecule has 0 fully saturated rings. The van der Waals surface area contributed by atoms with Gasteiger partial charge in [0.25, 0.3) is 11.4 Å². The van der Waals surface area contributed by atoms with E-state index in [2.05, 4.69) is 0 Å². The van der Waals surface area contributed by atoms with Crippen LogP contribution in [-0.4, -0.2) is 10.2 Å². The predicted octanol–water partition coefficient (Wildman–Crippen LogP) is 0.607. The average molecular weight is 203 g/mol. The molecule has 0 radical (unpaired) electrons. The molecule has 0 amide bonds. The first-order chi connectivity index (χ1) is 6.02. The van der Waals surface area contributed by atoms with Gasteiger partial charge in [0.1, 0.15) is 0 Å². The van der Waals surface area contributed by atoms with Crippen LogP contribution in [0.1, 0.15) is 10.5 Å². The molecule has 0 saturated heterocycles. The van der Waals surface area contributed by atoms with Gasteiger partial charge in [-0.3, -0.25) is 14.9 Å². The van der Waals surface area contributed by atoms with Gasteiger partial charge in [-0.25, -0.2) is 0 Å². The minimum Gasteiger partial charge on any atom is -0.618 e. The fourth-order valence-corrected chi connectivity index (χ4v) is 0.871. The van der Waals surface area contributed by atoms with Crippen molar-refractivity contribution in [3.8, 4) is 0 Å². The molecule has 13 heavy (non-hydrogen) atoms. The van der Waals surface area contributed by atoms with Gasteiger partial charge < -0.3 is 5.21 Å². The van der Waals surface area contributed by atoms with Crippen LogP contribution < -0.4 is 4.73 Å². The molecule has 0 bridgehead atoms. The minimum atomic E-state index is -1.03. The van der Waals surface area contributed by atoms with Crippen molar-refractivity contribution in [1.82, 2.24) is 0 Å². The molecule has 0 unspecified atom stereocenters. The number of carbonyl (C=O) groups is 1. The molecule has 0 aromatic carbocycles. The van der Waals surface area contributed by atoms with Gasteiger partial charge in [0.2, 0.25) is 0 Å². The number of nitro groups is 1. The molecule has 0 aliphatic rings. The van der Waals surface area contributed by atoms with E-state index in [1.54, 1.807) is 0 Å². The highest BCUT2D eigenvalue weighted by atomic mass is 35.5. The zero-order valence-corrected chi connectivity index (χ0v) is 6.89. The summed E-state index contributed by atoms with van der Waals surface area (Å²) in [7, 11) is 0. The molecular weight excluding hydrogens is 200 g/mol. The van der Waals surface area contributed by atoms with Crippen molar-refractivity contribution in [1.29, 1.82) is 0 Å². The van der Waals surface area contributed by atoms with Gasteiger partial charge in [-0.05, 0) is 11.6 Å². The van der Waals surface area contributed by atoms with Crippen molar-refractivity contribution in [3.05, 3.63) is 39.3 Å². The third-order valence-electron chi connectivity index (χ3n) is 1.31. The number of rotatable bonds is 2. The molecule has 1 heterocycles. The molecular formula is C6H3ClN2O4. The molecule has 0 saturated carbocycles. The van der Waals surface area contributed by atoms with Crippen LogP contribution >= 0.6 is 11.6 Å². The maximum Gasteiger partial charge on any atom is 0.318 e. The van der Waals surface area contributed by atoms with Crippen LogP contribution in [0.4, 0.5) is 5.69 Å². The smallest absolute Gasteiger partial charge is 0.318 e. The van der Waals surface area contributed by atoms with E-state index in [4.69, 9.17) is 11.6 Å². The number of halogens is 1. The molecule has 6 nitrogen and oxygen atoms in total. The standard InChI is InChI=1S/C6H3ClN2O4/c7-6(10)5-3-4(9(12)13)1-2-8(5)11/h1-3H. The van der Waals surface area contributed by atoms with Crippen LogP contribution in [-0.2, 0) is 0 Å². The van der Waals surface area contributed by atoms with E-state index in [0.717, 1.165) is 18.3 Å². The molecule has 0 N–H and O–H groups in total. The molecule has 0 atom stereocenters. The molecule has 1 aromatic rings. The van der Waals surface area contributed by atoms with E-state index < -0.39 is 15.9 Å². The van der Waals surface area contributed by atoms with Crippen molar-refractivity contribution < 1.29 is 14.4 Å². The van der Waals surface area contributed by atoms with Crippen LogP contribution in [0, 0.1) is 15.3 Å². The highest BCUT2D eigenvalue weighted by molar-refractivity contribution is 6.67. The summed E-state index contributed by atoms with van der Waals surface area (Å²) in [6, 6.07) is 1.80. The summed E-state index contributed by atoms with van der Waals surface area (Å²) >= 11 is 5.00. The second-order valence-electron chi connectivity index (χ2n) is 2.13. The molecule has 1 rings (SSSR count). The van der Waals surface area contributed by atoms with Crippen LogP contribution in [0.3, 0.4) is 0 Å². The second-order valence-corrected chi connectivity index (χ2v) is 2.47. The van der Waals surface area contributed by atoms with Crippen molar-refractivity contribution in [2.24, 2.45) is 0 Å². The fourth-order valence-electron chi connectivity index (χ4n) is 0.733. The Morgan fingerprint density at radius 1 is 1.62 bits per heavy atom. The fraction of sp³-hybridized carbons (Fsp3) is 0. The van der Waals surface area contributed by atoms with Gasteiger partial charge in [0.05, 0.1) is 17.1 Å². The van der Waals surface area contributed by atoms with Gasteiger partial charge in [-0.2, -0.15) is 4.73 Å². The Labute approximate surface area is 77.1 Å². The summed E-state index contributed by atoms with van der Waals surface area (Å²) in [6.45, 7) is 0. The van der Waals surface area contributed by atoms with E-state index in [-0.39, 0.29) is 10.4 Å². The molecule has 0 aliphatic heterocycles. The van der Waals surface area contributed by atoms with Crippen LogP contribution in [0.25, 0.3) is 0 Å². The van der Waals surface area contributed by atoms with Gasteiger partial charge in [-0.1, -0.05) is 0 Å². The lowest BCUT2D eigenvalue weighted by Crippen LogP contribution is -2.32. The third-order valence-corrected chi connectivity index (χ3v) is 1.51. The lowest BCUT2D eigenvalue weighted by atomic mass is 10.3. The SMILES string of the molecule is O=C(Cl)c1cc([N+](=O)[O-])cc[n+]1[O-]. The van der Waals surface area contributed by atoms with Crippen molar-refractivity contribution in [2.45, 2.75) is 0 Å². The summed E-state index contributed by atoms with van der Waals surface area (Å²) in [4.78, 5) is 20.1. The number of carbonyl (C=O) groups excluding carboxylic acids is 1. The van der Waals surface area contributed by atoms with Crippen molar-refractivity contribution in [2.75, 3.05) is 0 Å². The van der Waals surface area contributed by atoms with Gasteiger partial charge in [-0.15, -0.1) is 0 Å². The highest BCUT2D eigenvalue weighted by Crippen LogP contribution is 2.10. The Balaban J connectivity index is 3.27. The zero-order chi connectivity index (χ0) is 10.0. The predicted molar refractivity (Wildman–Crippen MR) is 42.2 cm³/mol. The Hall–Kier alpha value is -1.69. The first-order valence-electron chi connectivity index (χ1n) is 3.10. The molecule has 0 aliphatic carbocycles. The summed E-state index contributed by atoms with van der Waals surface area (Å²) in [5.41, 5.74) is -0.813. The summed E-state index contributed by atoms with van der Waals surface area (Å²) in [6.07, 6.45) is 0.855. The minimum absolute atomic E-state index is 0.169. The van der Waals surface area contributed by atoms with Crippen molar-refractivity contribution in [3.63, 3.8) is 0 Å². The van der Waals surface area contributed by atoms with Gasteiger partial charge in [0.15, 0.2) is 6.20 Å². The van der Waals surface area contributed by atoms with Gasteiger partial charge >= 0.3 is 5.24 Å². The first-order valence-corrected chi connectivity index (χ1v) is 3.47. The number of nitrogens with zero attached hydrogens (tertiary/aromatic N) is 2. The van der Waals surface area contributed by atoms with E-state index >= 15 is 0 Å². The maximum atomic E-state index is 10.8. The van der Waals surface area contributed by atoms with E-state index in [9.17, 15) is 20.1 Å². The molecule has 7 heteroatoms. The number of pyridine rings is 1.